The summed E-state index contributed by atoms with van der Waals surface area (Å²) in [6, 6.07) is 25.4. The largest absolute Gasteiger partial charge is 0.507 e. The van der Waals surface area contributed by atoms with Crippen molar-refractivity contribution < 1.29 is 134 Å². The third-order valence-electron chi connectivity index (χ3n) is 20.0. The number of aliphatic hydroxyl groups is 5. The normalized spacial score (nSPS) is 20.0. The molecule has 120 heavy (non-hydrogen) atoms. The maximum absolute atomic E-state index is 14.1. The molecule has 0 aromatic heterocycles. The number of methoxy groups -OCH3 is 1. The van der Waals surface area contributed by atoms with Crippen LogP contribution >= 0.6 is 46.5 Å². The zero-order chi connectivity index (χ0) is 86.0. The molecule has 4 aliphatic rings. The number of ketones is 2. The van der Waals surface area contributed by atoms with Crippen molar-refractivity contribution in [2.45, 2.75) is 132 Å². The summed E-state index contributed by atoms with van der Waals surface area (Å²) in [6.07, 6.45) is -7.27. The van der Waals surface area contributed by atoms with Gasteiger partial charge in [-0.25, -0.2) is 10.2 Å². The van der Waals surface area contributed by atoms with Gasteiger partial charge in [0.2, 0.25) is 17.6 Å². The Morgan fingerprint density at radius 2 is 1.27 bits per heavy atom. The number of nitrogens with zero attached hydrogens (tertiary/aromatic N) is 1. The first-order valence-corrected chi connectivity index (χ1v) is 43.0. The number of carbonyl (C=O) groups is 8. The van der Waals surface area contributed by atoms with E-state index >= 15 is 0 Å². The van der Waals surface area contributed by atoms with Crippen LogP contribution in [0.4, 0.5) is 0 Å². The molecule has 2 aliphatic carbocycles. The topological polar surface area (TPSA) is 482 Å². The Labute approximate surface area is 717 Å². The monoisotopic (exact) mass is 1830 g/mol. The van der Waals surface area contributed by atoms with Crippen LogP contribution in [0.5, 0.6) is 23.0 Å². The second-order valence-corrected chi connectivity index (χ2v) is 31.6. The van der Waals surface area contributed by atoms with Gasteiger partial charge < -0.3 is 117 Å². The minimum Gasteiger partial charge on any atom is -0.507 e. The molecule has 5 aromatic rings. The number of carbonyl (C=O) groups excluding carboxylic acids is 7. The number of aromatic hydroxyl groups is 2. The number of hydrazone groups is 1. The van der Waals surface area contributed by atoms with E-state index in [-0.39, 0.29) is 174 Å². The molecule has 34 nitrogen and oxygen atoms in total. The molecule has 37 heteroatoms. The van der Waals surface area contributed by atoms with Crippen molar-refractivity contribution in [3.63, 3.8) is 0 Å². The van der Waals surface area contributed by atoms with Crippen LogP contribution < -0.4 is 36.2 Å². The summed E-state index contributed by atoms with van der Waals surface area (Å²) < 4.78 is 68.5. The van der Waals surface area contributed by atoms with Crippen LogP contribution in [0.25, 0.3) is 11.1 Å². The second-order valence-electron chi connectivity index (χ2n) is 28.6. The number of nitrogens with one attached hydrogen (secondary N) is 5. The lowest BCUT2D eigenvalue weighted by Gasteiger charge is -2.42. The standard InChI is InChI=1S/C83H107IN6O28S2/c1-51-10-6-15-68(116-51)117-64-48-82(106,47-59-70(64)77(100)72-71(74(59)97)73(96)58-13-7-14-61(107-2)69(58)76(72)99)65(50-91)89-90-67(95)23-22-66(94)85-24-29-108-30-31-109-32-33-110-34-35-111-36-37-112-38-39-113-62-44-55(20-21-57(62)80(103)87-26-43-120-41-9-28-115-84)79(102)86-25-42-119-40-8-27-114-83(81(104)105)46-56(92)45-63(118-83)75(98)60(93)49-88-78(101)54-18-16-53(17-19-54)52-11-4-3-5-12-52/h3-5,7,11-14,16-21,44,51,56,60,63-64,68,75,91-93,97-98,100,106H,6,8-10,15,22-43,45-50H2,1-2H3,(H,85,94)(H,86,102)(H,87,103)(H,88,101)(H,90,95)(H,104,105)/b89-65+/t51-,56-,60-,63-,64?,68-,75-,82+,83-/m1/s1. The van der Waals surface area contributed by atoms with Gasteiger partial charge in [0, 0.05) is 104 Å². The van der Waals surface area contributed by atoms with Crippen molar-refractivity contribution >= 4 is 99.3 Å². The van der Waals surface area contributed by atoms with E-state index in [1.165, 1.54) is 55.3 Å². The number of hydrogen-bond donors (Lipinski definition) is 13. The summed E-state index contributed by atoms with van der Waals surface area (Å²) in [5.41, 5.74) is 1.09. The molecule has 9 atom stereocenters. The lowest BCUT2D eigenvalue weighted by atomic mass is 9.71. The summed E-state index contributed by atoms with van der Waals surface area (Å²) in [7, 11) is 1.33. The number of phenolic OH excluding ortho intramolecular Hbond substituents is 2. The zero-order valence-corrected chi connectivity index (χ0v) is 70.7. The van der Waals surface area contributed by atoms with E-state index < -0.39 is 144 Å². The summed E-state index contributed by atoms with van der Waals surface area (Å²) in [5, 5.41) is 105. The average molecular weight is 1830 g/mol. The fraction of sp³-hybridized carbons (Fsp3) is 0.530. The van der Waals surface area contributed by atoms with Crippen LogP contribution in [0, 0.1) is 0 Å². The number of carboxylic acid groups (broad SMARTS) is 1. The molecule has 2 aliphatic heterocycles. The minimum atomic E-state index is -2.32. The van der Waals surface area contributed by atoms with E-state index in [2.05, 4.69) is 31.8 Å². The summed E-state index contributed by atoms with van der Waals surface area (Å²) in [6.45, 7) is 4.29. The van der Waals surface area contributed by atoms with Crippen molar-refractivity contribution in [2.24, 2.45) is 5.10 Å². The van der Waals surface area contributed by atoms with Crippen molar-refractivity contribution in [1.29, 1.82) is 0 Å². The molecule has 0 saturated carbocycles. The van der Waals surface area contributed by atoms with Crippen LogP contribution in [0.3, 0.4) is 0 Å². The van der Waals surface area contributed by atoms with Gasteiger partial charge in [0.15, 0.2) is 12.1 Å². The summed E-state index contributed by atoms with van der Waals surface area (Å²) >= 11 is 4.99. The maximum atomic E-state index is 14.1. The number of carboxylic acids is 1. The van der Waals surface area contributed by atoms with Crippen LogP contribution in [-0.4, -0.2) is 291 Å². The molecule has 2 heterocycles. The molecule has 0 radical (unpaired) electrons. The molecule has 9 rings (SSSR count). The number of rotatable bonds is 52. The Morgan fingerprint density at radius 1 is 0.650 bits per heavy atom. The number of benzene rings is 5. The molecule has 1 unspecified atom stereocenters. The highest BCUT2D eigenvalue weighted by Crippen LogP contribution is 2.53. The highest BCUT2D eigenvalue weighted by Gasteiger charge is 2.52. The number of phenols is 2. The van der Waals surface area contributed by atoms with Gasteiger partial charge in [-0.05, 0) is 98.1 Å². The number of halogens is 1. The quantitative estimate of drug-likeness (QED) is 0.00759. The van der Waals surface area contributed by atoms with Gasteiger partial charge >= 0.3 is 5.97 Å². The van der Waals surface area contributed by atoms with Crippen LogP contribution in [0.1, 0.15) is 151 Å². The van der Waals surface area contributed by atoms with E-state index in [0.717, 1.165) is 36.1 Å². The van der Waals surface area contributed by atoms with Crippen LogP contribution in [0.2, 0.25) is 0 Å². The van der Waals surface area contributed by atoms with Gasteiger partial charge in [-0.15, -0.1) is 0 Å². The predicted octanol–water partition coefficient (Wildman–Crippen LogP) is 5.28. The van der Waals surface area contributed by atoms with Crippen molar-refractivity contribution in [3.8, 4) is 34.1 Å². The number of amides is 5. The van der Waals surface area contributed by atoms with Gasteiger partial charge in [-0.1, -0.05) is 54.6 Å². The van der Waals surface area contributed by atoms with Gasteiger partial charge in [-0.2, -0.15) is 28.6 Å². The summed E-state index contributed by atoms with van der Waals surface area (Å²) in [5.74, 6) is -6.49. The lowest BCUT2D eigenvalue weighted by Crippen LogP contribution is -2.58. The first-order chi connectivity index (χ1) is 58.0. The highest BCUT2D eigenvalue weighted by atomic mass is 127. The van der Waals surface area contributed by atoms with Gasteiger partial charge in [-0.3, -0.25) is 33.6 Å². The third kappa shape index (κ3) is 27.7. The smallest absolute Gasteiger partial charge is 0.364 e. The first kappa shape index (κ1) is 95.8. The lowest BCUT2D eigenvalue weighted by molar-refractivity contribution is -0.304. The zero-order valence-electron chi connectivity index (χ0n) is 66.9. The first-order valence-electron chi connectivity index (χ1n) is 39.8. The molecule has 0 spiro atoms. The van der Waals surface area contributed by atoms with Crippen molar-refractivity contribution in [3.05, 3.63) is 141 Å². The molecular weight excluding hydrogens is 1720 g/mol. The van der Waals surface area contributed by atoms with Gasteiger partial charge in [0.25, 0.3) is 23.5 Å². The molecular formula is C83H107IN6O28S2. The number of hydrogen-bond acceptors (Lipinski definition) is 30. The van der Waals surface area contributed by atoms with Crippen LogP contribution in [-0.2, 0) is 66.5 Å². The minimum absolute atomic E-state index is 0.0448. The Hall–Kier alpha value is -8.04. The summed E-state index contributed by atoms with van der Waals surface area (Å²) in [4.78, 5) is 106. The Bertz CT molecular complexity index is 4250. The SMILES string of the molecule is COc1cccc2c1C(=O)c1c(O)c3c(c(O)c1C2=O)C[C@@](O)(/C(CO)=N/NC(=O)CCC(=O)NCCOCCOCCOCCOCCOCCOc1cc(C(=O)NCCSCCCO[C@]2(C(=O)O)C[C@H](O)C[C@H]([C@H](O)[C@H](O)CNC(=O)c4ccc(-c5ccccc5)cc4)O2)ccc1C(=O)NCCSCCCOI)CC3O[C@@H]1CCC[C@@H](C)O1. The fourth-order valence-electron chi connectivity index (χ4n) is 13.8. The van der Waals surface area contributed by atoms with E-state index in [1.54, 1.807) is 36.0 Å². The maximum Gasteiger partial charge on any atom is 0.364 e. The van der Waals surface area contributed by atoms with Crippen LogP contribution in [0.15, 0.2) is 96.1 Å². The molecule has 656 valence electrons. The van der Waals surface area contributed by atoms with E-state index in [0.29, 0.717) is 48.8 Å². The molecule has 0 bridgehead atoms. The Kier molecular flexibility index (Phi) is 39.4. The molecule has 13 N–H and O–H groups in total. The van der Waals surface area contributed by atoms with Gasteiger partial charge in [0.05, 0.1) is 151 Å². The molecule has 2 saturated heterocycles. The predicted molar refractivity (Wildman–Crippen MR) is 447 cm³/mol. The Morgan fingerprint density at radius 3 is 1.92 bits per heavy atom. The number of ether oxygens (including phenoxy) is 11. The highest BCUT2D eigenvalue weighted by molar-refractivity contribution is 14.1. The molecule has 2 fully saturated rings. The Balaban J connectivity index is 0.606. The molecule has 5 amide bonds. The van der Waals surface area contributed by atoms with E-state index in [4.69, 9.17) is 55.2 Å². The molecule has 5 aromatic carbocycles. The van der Waals surface area contributed by atoms with Crippen molar-refractivity contribution in [1.82, 2.24) is 26.7 Å². The number of aliphatic hydroxyl groups excluding tert-OH is 4. The number of thioether (sulfide) groups is 2. The van der Waals surface area contributed by atoms with E-state index in [1.807, 2.05) is 60.3 Å². The fourth-order valence-corrected chi connectivity index (χ4v) is 15.7. The number of fused-ring (bicyclic) bond motifs is 3. The van der Waals surface area contributed by atoms with Gasteiger partial charge in [0.1, 0.15) is 64.3 Å². The van der Waals surface area contributed by atoms with E-state index in [9.17, 15) is 79.2 Å². The van der Waals surface area contributed by atoms with Crippen molar-refractivity contribution in [2.75, 3.05) is 149 Å². The average Bonchev–Trinajstić information content (AvgIpc) is 0.708. The second kappa shape index (κ2) is 49.3. The number of aliphatic carboxylic acids is 1. The third-order valence-corrected chi connectivity index (χ3v) is 22.5.